The van der Waals surface area contributed by atoms with E-state index in [2.05, 4.69) is 30.8 Å². The first-order valence-corrected chi connectivity index (χ1v) is 20.9. The van der Waals surface area contributed by atoms with Crippen LogP contribution in [0, 0.1) is 6.92 Å². The Bertz CT molecular complexity index is 2490. The number of benzene rings is 1. The van der Waals surface area contributed by atoms with E-state index in [0.29, 0.717) is 66.8 Å². The van der Waals surface area contributed by atoms with E-state index >= 15 is 0 Å². The maximum Gasteiger partial charge on any atom is 0.264 e. The summed E-state index contributed by atoms with van der Waals surface area (Å²) in [4.78, 5) is 108. The lowest BCUT2D eigenvalue weighted by molar-refractivity contribution is -0.137. The Morgan fingerprint density at radius 3 is 2.39 bits per heavy atom. The molecule has 3 aromatic heterocycles. The second-order valence-corrected chi connectivity index (χ2v) is 15.8. The second kappa shape index (κ2) is 18.2. The van der Waals surface area contributed by atoms with Gasteiger partial charge in [0.15, 0.2) is 5.78 Å². The Morgan fingerprint density at radius 2 is 1.66 bits per heavy atom. The molecule has 1 unspecified atom stereocenters. The first kappa shape index (κ1) is 42.1. The lowest BCUT2D eigenvalue weighted by atomic mass is 10.0. The van der Waals surface area contributed by atoms with Crippen molar-refractivity contribution in [3.63, 3.8) is 0 Å². The minimum atomic E-state index is -1.04. The van der Waals surface area contributed by atoms with Gasteiger partial charge in [0.25, 0.3) is 17.4 Å². The number of aryl methyl sites for hydroxylation is 1. The molecule has 1 saturated carbocycles. The van der Waals surface area contributed by atoms with Gasteiger partial charge in [-0.3, -0.25) is 48.3 Å². The second-order valence-electron chi connectivity index (χ2n) is 15.8. The Labute approximate surface area is 356 Å². The lowest BCUT2D eigenvalue weighted by Gasteiger charge is -2.36. The Kier molecular flexibility index (Phi) is 12.3. The van der Waals surface area contributed by atoms with Gasteiger partial charge in [-0.1, -0.05) is 18.9 Å². The Balaban J connectivity index is 0.754. The van der Waals surface area contributed by atoms with Gasteiger partial charge in [0.05, 0.1) is 48.4 Å². The molecule has 4 aromatic rings. The first-order valence-electron chi connectivity index (χ1n) is 20.9. The summed E-state index contributed by atoms with van der Waals surface area (Å²) in [7, 11) is 0. The molecule has 4 aliphatic rings. The predicted octanol–water partition coefficient (Wildman–Crippen LogP) is 2.75. The molecule has 0 bridgehead atoms. The molecule has 2 saturated heterocycles. The fourth-order valence-electron chi connectivity index (χ4n) is 8.68. The number of hydrogen-bond acceptors (Lipinski definition) is 15. The van der Waals surface area contributed by atoms with Crippen molar-refractivity contribution in [1.82, 2.24) is 34.6 Å². The van der Waals surface area contributed by atoms with Gasteiger partial charge in [0, 0.05) is 62.5 Å². The Hall–Kier alpha value is -6.60. The maximum atomic E-state index is 13.5. The van der Waals surface area contributed by atoms with Crippen molar-refractivity contribution in [1.29, 1.82) is 0 Å². The van der Waals surface area contributed by atoms with Crippen LogP contribution in [0.15, 0.2) is 47.5 Å². The molecule has 3 aliphatic heterocycles. The molecular formula is C43H48N10O9. The number of piperazine rings is 1. The van der Waals surface area contributed by atoms with Crippen molar-refractivity contribution >= 4 is 69.5 Å². The zero-order chi connectivity index (χ0) is 43.5. The monoisotopic (exact) mass is 848 g/mol. The minimum Gasteiger partial charge on any atom is -0.382 e. The van der Waals surface area contributed by atoms with Crippen molar-refractivity contribution < 1.29 is 38.2 Å². The average Bonchev–Trinajstić information content (AvgIpc) is 3.88. The number of Topliss-reactive ketones (excluding diaryl/α,β-unsaturated/α-hetero) is 1. The van der Waals surface area contributed by atoms with E-state index in [1.165, 1.54) is 13.0 Å². The molecule has 0 spiro atoms. The lowest BCUT2D eigenvalue weighted by Crippen LogP contribution is -2.54. The van der Waals surface area contributed by atoms with Crippen LogP contribution >= 0.6 is 0 Å². The molecule has 1 aromatic carbocycles. The summed E-state index contributed by atoms with van der Waals surface area (Å²) < 4.78 is 12.9. The molecule has 3 N–H and O–H groups in total. The number of ketones is 1. The van der Waals surface area contributed by atoms with Crippen molar-refractivity contribution in [2.24, 2.45) is 0 Å². The standard InChI is InChI=1S/C43H48N10O9/c1-25-30-23-46-43(49-38(30)52(27-6-3-4-7-27)41(59)36(25)26(2)54)47-33-12-10-28(22-45-33)50-15-17-51(18-16-50)35(56)24-62-21-20-61-19-14-44-31-9-5-8-29-37(31)42(60)53(40(29)58)32-11-13-34(55)48-39(32)57/h5,8-10,12,22-23,27,32,44H,3-4,6-7,11,13-21,24H2,1-2H3,(H,48,55,57)(H,45,46,47,49). The van der Waals surface area contributed by atoms with E-state index in [1.807, 2.05) is 12.1 Å². The van der Waals surface area contributed by atoms with Gasteiger partial charge >= 0.3 is 0 Å². The number of ether oxygens (including phenoxy) is 2. The maximum absolute atomic E-state index is 13.5. The molecule has 3 fully saturated rings. The molecule has 1 atom stereocenters. The van der Waals surface area contributed by atoms with Gasteiger partial charge in [-0.2, -0.15) is 4.98 Å². The Morgan fingerprint density at radius 1 is 0.887 bits per heavy atom. The van der Waals surface area contributed by atoms with Crippen LogP contribution in [-0.4, -0.2) is 130 Å². The van der Waals surface area contributed by atoms with Gasteiger partial charge < -0.3 is 29.9 Å². The number of nitrogens with zero attached hydrogens (tertiary/aromatic N) is 7. The third-order valence-electron chi connectivity index (χ3n) is 11.9. The van der Waals surface area contributed by atoms with Gasteiger partial charge in [-0.15, -0.1) is 0 Å². The molecule has 62 heavy (non-hydrogen) atoms. The van der Waals surface area contributed by atoms with Gasteiger partial charge in [-0.25, -0.2) is 9.97 Å². The number of carbonyl (C=O) groups is 6. The highest BCUT2D eigenvalue weighted by atomic mass is 16.5. The van der Waals surface area contributed by atoms with Crippen LogP contribution in [0.1, 0.15) is 88.1 Å². The van der Waals surface area contributed by atoms with Crippen molar-refractivity contribution in [2.75, 3.05) is 74.7 Å². The molecule has 19 heteroatoms. The van der Waals surface area contributed by atoms with E-state index in [-0.39, 0.29) is 79.3 Å². The SMILES string of the molecule is CC(=O)c1c(C)c2cnc(Nc3ccc(N4CCN(C(=O)COCCOCCNc5cccc6c5C(=O)N(C5CCC(=O)NC5=O)C6=O)CC4)cn3)nc2n(C2CCCC2)c1=O. The number of fused-ring (bicyclic) bond motifs is 2. The summed E-state index contributed by atoms with van der Waals surface area (Å²) in [6, 6.07) is 7.56. The van der Waals surface area contributed by atoms with Crippen LogP contribution in [0.25, 0.3) is 11.0 Å². The van der Waals surface area contributed by atoms with E-state index in [4.69, 9.17) is 14.5 Å². The average molecular weight is 849 g/mol. The normalized spacial score (nSPS) is 18.1. The fourth-order valence-corrected chi connectivity index (χ4v) is 8.68. The van der Waals surface area contributed by atoms with Crippen molar-refractivity contribution in [3.05, 3.63) is 75.3 Å². The number of anilines is 4. The van der Waals surface area contributed by atoms with Crippen LogP contribution in [0.4, 0.5) is 23.1 Å². The van der Waals surface area contributed by atoms with Gasteiger partial charge in [0.2, 0.25) is 23.7 Å². The molecule has 5 amide bonds. The van der Waals surface area contributed by atoms with E-state index < -0.39 is 29.7 Å². The number of pyridine rings is 2. The number of rotatable bonds is 15. The number of imide groups is 2. The molecule has 19 nitrogen and oxygen atoms in total. The summed E-state index contributed by atoms with van der Waals surface area (Å²) in [5.74, 6) is -1.82. The molecule has 324 valence electrons. The molecular weight excluding hydrogens is 801 g/mol. The van der Waals surface area contributed by atoms with E-state index in [0.717, 1.165) is 36.3 Å². The highest BCUT2D eigenvalue weighted by Crippen LogP contribution is 2.34. The summed E-state index contributed by atoms with van der Waals surface area (Å²) >= 11 is 0. The van der Waals surface area contributed by atoms with Gasteiger partial charge in [-0.05, 0) is 62.9 Å². The van der Waals surface area contributed by atoms with E-state index in [1.54, 1.807) is 40.9 Å². The number of amides is 5. The van der Waals surface area contributed by atoms with Crippen LogP contribution in [0.5, 0.6) is 0 Å². The minimum absolute atomic E-state index is 0.0206. The fraction of sp³-hybridized carbons (Fsp3) is 0.442. The zero-order valence-corrected chi connectivity index (χ0v) is 34.6. The molecule has 1 aliphatic carbocycles. The summed E-state index contributed by atoms with van der Waals surface area (Å²) in [5.41, 5.74) is 2.68. The summed E-state index contributed by atoms with van der Waals surface area (Å²) in [6.45, 7) is 6.40. The van der Waals surface area contributed by atoms with Crippen LogP contribution in [-0.2, 0) is 23.9 Å². The highest BCUT2D eigenvalue weighted by Gasteiger charge is 2.45. The quantitative estimate of drug-likeness (QED) is 0.0888. The molecule has 8 rings (SSSR count). The third-order valence-corrected chi connectivity index (χ3v) is 11.9. The topological polar surface area (TPSA) is 227 Å². The van der Waals surface area contributed by atoms with Gasteiger partial charge in [0.1, 0.15) is 24.1 Å². The van der Waals surface area contributed by atoms with Crippen molar-refractivity contribution in [3.8, 4) is 0 Å². The smallest absolute Gasteiger partial charge is 0.264 e. The van der Waals surface area contributed by atoms with Crippen LogP contribution in [0.3, 0.4) is 0 Å². The number of nitrogens with one attached hydrogen (secondary N) is 3. The zero-order valence-electron chi connectivity index (χ0n) is 34.6. The number of hydrogen-bond donors (Lipinski definition) is 3. The number of aromatic nitrogens is 4. The summed E-state index contributed by atoms with van der Waals surface area (Å²) in [6.07, 6.45) is 7.27. The largest absolute Gasteiger partial charge is 0.382 e. The van der Waals surface area contributed by atoms with Crippen LogP contribution in [0.2, 0.25) is 0 Å². The molecule has 0 radical (unpaired) electrons. The number of carbonyl (C=O) groups excluding carboxylic acids is 6. The number of piperidine rings is 1. The predicted molar refractivity (Wildman–Crippen MR) is 226 cm³/mol. The highest BCUT2D eigenvalue weighted by molar-refractivity contribution is 6.25. The third kappa shape index (κ3) is 8.49. The molecule has 6 heterocycles. The van der Waals surface area contributed by atoms with E-state index in [9.17, 15) is 33.6 Å². The van der Waals surface area contributed by atoms with Crippen molar-refractivity contribution in [2.45, 2.75) is 64.5 Å². The van der Waals surface area contributed by atoms with Crippen LogP contribution < -0.4 is 26.4 Å². The summed E-state index contributed by atoms with van der Waals surface area (Å²) in [5, 5.41) is 9.15. The first-order chi connectivity index (χ1) is 30.0.